The fourth-order valence-corrected chi connectivity index (χ4v) is 3.45. The van der Waals surface area contributed by atoms with Gasteiger partial charge in [0.2, 0.25) is 6.79 Å². The molecule has 12 heteroatoms. The normalized spacial score (nSPS) is 13.4. The summed E-state index contributed by atoms with van der Waals surface area (Å²) in [6.45, 7) is 7.86. The number of esters is 2. The molecule has 0 aliphatic rings. The minimum atomic E-state index is -1.03. The fraction of sp³-hybridized carbons (Fsp3) is 0.458. The molecule has 0 aliphatic heterocycles. The van der Waals surface area contributed by atoms with Gasteiger partial charge >= 0.3 is 11.9 Å². The number of methoxy groups -OCH3 is 1. The summed E-state index contributed by atoms with van der Waals surface area (Å²) in [4.78, 5) is 45.5. The second-order valence-electron chi connectivity index (χ2n) is 8.22. The van der Waals surface area contributed by atoms with Crippen molar-refractivity contribution >= 4 is 41.0 Å². The summed E-state index contributed by atoms with van der Waals surface area (Å²) >= 11 is 12.1. The molecule has 3 atom stereocenters. The van der Waals surface area contributed by atoms with Crippen molar-refractivity contribution in [3.8, 4) is 11.5 Å². The molecule has 2 rings (SSSR count). The van der Waals surface area contributed by atoms with Crippen LogP contribution in [0.25, 0.3) is 0 Å². The zero-order valence-corrected chi connectivity index (χ0v) is 22.3. The molecule has 0 aliphatic carbocycles. The standard InChI is InChI=1S/C24H29Cl2N3O7/c1-12(2)23(31)35-11-34-21-18(33-6)7-8-27-20(21)22(30)29-14(4)24(32)36-15(5)13(3)19-17(26)9-16(25)10-28-19/h7-10,12-15H,11H2,1-6H3,(H,29,30)/t13?,14-,15?/m0/s1. The number of halogens is 2. The van der Waals surface area contributed by atoms with Crippen LogP contribution in [0.5, 0.6) is 11.5 Å². The summed E-state index contributed by atoms with van der Waals surface area (Å²) in [6.07, 6.45) is 2.20. The van der Waals surface area contributed by atoms with Gasteiger partial charge in [0.05, 0.1) is 28.8 Å². The molecule has 0 fully saturated rings. The van der Waals surface area contributed by atoms with E-state index < -0.39 is 36.8 Å². The maximum absolute atomic E-state index is 12.9. The number of nitrogens with zero attached hydrogens (tertiary/aromatic N) is 2. The van der Waals surface area contributed by atoms with Crippen molar-refractivity contribution in [1.29, 1.82) is 0 Å². The number of nitrogens with one attached hydrogen (secondary N) is 1. The number of aromatic nitrogens is 2. The van der Waals surface area contributed by atoms with Gasteiger partial charge in [0.25, 0.3) is 5.91 Å². The number of carbonyl (C=O) groups excluding carboxylic acids is 3. The third-order valence-electron chi connectivity index (χ3n) is 5.15. The molecule has 0 bridgehead atoms. The molecule has 1 N–H and O–H groups in total. The molecule has 0 radical (unpaired) electrons. The highest BCUT2D eigenvalue weighted by molar-refractivity contribution is 6.34. The second kappa shape index (κ2) is 13.3. The smallest absolute Gasteiger partial charge is 0.328 e. The summed E-state index contributed by atoms with van der Waals surface area (Å²) < 4.78 is 21.2. The highest BCUT2D eigenvalue weighted by Crippen LogP contribution is 2.30. The SMILES string of the molecule is COc1ccnc(C(=O)N[C@@H](C)C(=O)OC(C)C(C)c2ncc(Cl)cc2Cl)c1OCOC(=O)C(C)C. The molecule has 0 saturated carbocycles. The molecule has 0 spiro atoms. The van der Waals surface area contributed by atoms with Crippen molar-refractivity contribution in [3.63, 3.8) is 0 Å². The lowest BCUT2D eigenvalue weighted by molar-refractivity contribution is -0.154. The third-order valence-corrected chi connectivity index (χ3v) is 5.66. The highest BCUT2D eigenvalue weighted by Gasteiger charge is 2.27. The van der Waals surface area contributed by atoms with Gasteiger partial charge in [0, 0.05) is 24.4 Å². The molecule has 2 heterocycles. The van der Waals surface area contributed by atoms with E-state index in [4.69, 9.17) is 42.1 Å². The Morgan fingerprint density at radius 3 is 2.36 bits per heavy atom. The molecule has 36 heavy (non-hydrogen) atoms. The summed E-state index contributed by atoms with van der Waals surface area (Å²) in [5, 5.41) is 3.28. The first-order chi connectivity index (χ1) is 17.0. The predicted octanol–water partition coefficient (Wildman–Crippen LogP) is 4.18. The van der Waals surface area contributed by atoms with Crippen LogP contribution in [0.2, 0.25) is 10.0 Å². The summed E-state index contributed by atoms with van der Waals surface area (Å²) in [7, 11) is 1.38. The third kappa shape index (κ3) is 7.69. The Hall–Kier alpha value is -3.11. The van der Waals surface area contributed by atoms with Gasteiger partial charge < -0.3 is 24.3 Å². The molecule has 0 aromatic carbocycles. The highest BCUT2D eigenvalue weighted by atomic mass is 35.5. The fourth-order valence-electron chi connectivity index (χ4n) is 2.90. The van der Waals surface area contributed by atoms with Gasteiger partial charge in [-0.05, 0) is 19.9 Å². The minimum Gasteiger partial charge on any atom is -0.493 e. The Morgan fingerprint density at radius 1 is 1.06 bits per heavy atom. The summed E-state index contributed by atoms with van der Waals surface area (Å²) in [6, 6.07) is 2.01. The van der Waals surface area contributed by atoms with Gasteiger partial charge in [-0.1, -0.05) is 44.0 Å². The number of hydrogen-bond acceptors (Lipinski definition) is 9. The van der Waals surface area contributed by atoms with E-state index in [-0.39, 0.29) is 29.0 Å². The van der Waals surface area contributed by atoms with Crippen LogP contribution in [0, 0.1) is 5.92 Å². The molecule has 2 unspecified atom stereocenters. The molecular formula is C24H29Cl2N3O7. The second-order valence-corrected chi connectivity index (χ2v) is 9.06. The maximum Gasteiger partial charge on any atom is 0.328 e. The first-order valence-electron chi connectivity index (χ1n) is 11.1. The molecule has 10 nitrogen and oxygen atoms in total. The van der Waals surface area contributed by atoms with E-state index in [1.807, 2.05) is 0 Å². The average Bonchev–Trinajstić information content (AvgIpc) is 2.83. The molecule has 2 aromatic heterocycles. The van der Waals surface area contributed by atoms with E-state index in [0.717, 1.165) is 0 Å². The molecular weight excluding hydrogens is 513 g/mol. The molecule has 2 aromatic rings. The van der Waals surface area contributed by atoms with E-state index >= 15 is 0 Å². The van der Waals surface area contributed by atoms with Crippen LogP contribution in [0.15, 0.2) is 24.5 Å². The van der Waals surface area contributed by atoms with Crippen LogP contribution in [0.4, 0.5) is 0 Å². The van der Waals surface area contributed by atoms with Crippen LogP contribution in [0.3, 0.4) is 0 Å². The number of hydrogen-bond donors (Lipinski definition) is 1. The van der Waals surface area contributed by atoms with Gasteiger partial charge in [0.1, 0.15) is 12.1 Å². The lowest BCUT2D eigenvalue weighted by Gasteiger charge is -2.23. The van der Waals surface area contributed by atoms with Crippen LogP contribution in [-0.4, -0.2) is 53.9 Å². The van der Waals surface area contributed by atoms with Crippen LogP contribution < -0.4 is 14.8 Å². The number of ether oxygens (including phenoxy) is 4. The minimum absolute atomic E-state index is 0.0416. The zero-order chi connectivity index (χ0) is 27.0. The lowest BCUT2D eigenvalue weighted by Crippen LogP contribution is -2.41. The Balaban J connectivity index is 2.06. The van der Waals surface area contributed by atoms with Crippen molar-refractivity contribution in [2.75, 3.05) is 13.9 Å². The first kappa shape index (κ1) is 29.1. The Kier molecular flexibility index (Phi) is 10.7. The van der Waals surface area contributed by atoms with E-state index in [9.17, 15) is 14.4 Å². The number of rotatable bonds is 11. The van der Waals surface area contributed by atoms with Crippen molar-refractivity contribution in [2.45, 2.75) is 52.7 Å². The summed E-state index contributed by atoms with van der Waals surface area (Å²) in [5.74, 6) is -2.40. The molecule has 196 valence electrons. The Labute approximate surface area is 219 Å². The van der Waals surface area contributed by atoms with E-state index in [2.05, 4.69) is 15.3 Å². The number of amides is 1. The van der Waals surface area contributed by atoms with Gasteiger partial charge in [-0.2, -0.15) is 0 Å². The number of carbonyl (C=O) groups is 3. The average molecular weight is 542 g/mol. The largest absolute Gasteiger partial charge is 0.493 e. The van der Waals surface area contributed by atoms with E-state index in [1.54, 1.807) is 33.8 Å². The van der Waals surface area contributed by atoms with Gasteiger partial charge in [-0.3, -0.25) is 14.6 Å². The topological polar surface area (TPSA) is 126 Å². The molecule has 0 saturated heterocycles. The lowest BCUT2D eigenvalue weighted by atomic mass is 10.0. The van der Waals surface area contributed by atoms with Crippen molar-refractivity contribution in [3.05, 3.63) is 46.0 Å². The summed E-state index contributed by atoms with van der Waals surface area (Å²) in [5.41, 5.74) is 0.367. The number of pyridine rings is 2. The van der Waals surface area contributed by atoms with Gasteiger partial charge in [0.15, 0.2) is 17.2 Å². The maximum atomic E-state index is 12.9. The van der Waals surface area contributed by atoms with E-state index in [1.165, 1.54) is 32.5 Å². The van der Waals surface area contributed by atoms with E-state index in [0.29, 0.717) is 15.7 Å². The first-order valence-corrected chi connectivity index (χ1v) is 11.9. The Morgan fingerprint density at radius 2 is 1.75 bits per heavy atom. The van der Waals surface area contributed by atoms with Crippen molar-refractivity contribution in [2.24, 2.45) is 5.92 Å². The van der Waals surface area contributed by atoms with Crippen LogP contribution in [-0.2, 0) is 19.1 Å². The zero-order valence-electron chi connectivity index (χ0n) is 20.8. The Bertz CT molecular complexity index is 1100. The van der Waals surface area contributed by atoms with Gasteiger partial charge in [-0.25, -0.2) is 9.78 Å². The monoisotopic (exact) mass is 541 g/mol. The van der Waals surface area contributed by atoms with Crippen LogP contribution in [0.1, 0.15) is 56.7 Å². The molecule has 1 amide bonds. The quantitative estimate of drug-likeness (QED) is 0.329. The van der Waals surface area contributed by atoms with Crippen molar-refractivity contribution in [1.82, 2.24) is 15.3 Å². The van der Waals surface area contributed by atoms with Crippen molar-refractivity contribution < 1.29 is 33.3 Å². The van der Waals surface area contributed by atoms with Gasteiger partial charge in [-0.15, -0.1) is 0 Å². The predicted molar refractivity (Wildman–Crippen MR) is 132 cm³/mol. The van der Waals surface area contributed by atoms with Crippen LogP contribution >= 0.6 is 23.2 Å².